The lowest BCUT2D eigenvalue weighted by atomic mass is 10.0. The third-order valence-electron chi connectivity index (χ3n) is 3.30. The Hall–Kier alpha value is -0.910. The third kappa shape index (κ3) is 4.89. The minimum absolute atomic E-state index is 0.366. The topological polar surface area (TPSA) is 58.2 Å². The van der Waals surface area contributed by atoms with Crippen molar-refractivity contribution in [3.63, 3.8) is 0 Å². The standard InChI is InChI=1S/C15H26N2O2S/c1-5-11-16-12-13-9-7-8-10-14(13)20(18,19)17-15(3,4)6-2/h7-10,16-17H,5-6,11-12H2,1-4H3. The predicted octanol–water partition coefficient (Wildman–Crippen LogP) is 2.65. The molecule has 0 atom stereocenters. The SMILES string of the molecule is CCCNCc1ccccc1S(=O)(=O)NC(C)(C)CC. The molecule has 0 bridgehead atoms. The first-order valence-electron chi connectivity index (χ1n) is 7.15. The van der Waals surface area contributed by atoms with Crippen LogP contribution in [0.4, 0.5) is 0 Å². The first kappa shape index (κ1) is 17.1. The van der Waals surface area contributed by atoms with Gasteiger partial charge in [-0.1, -0.05) is 32.0 Å². The fourth-order valence-corrected chi connectivity index (χ4v) is 3.53. The van der Waals surface area contributed by atoms with E-state index < -0.39 is 15.6 Å². The lowest BCUT2D eigenvalue weighted by Gasteiger charge is -2.25. The van der Waals surface area contributed by atoms with Gasteiger partial charge in [0.05, 0.1) is 4.90 Å². The maximum atomic E-state index is 12.5. The average molecular weight is 298 g/mol. The fraction of sp³-hybridized carbons (Fsp3) is 0.600. The largest absolute Gasteiger partial charge is 0.313 e. The second-order valence-corrected chi connectivity index (χ2v) is 7.28. The molecule has 0 saturated carbocycles. The van der Waals surface area contributed by atoms with E-state index in [1.807, 2.05) is 32.9 Å². The van der Waals surface area contributed by atoms with Crippen molar-refractivity contribution in [2.45, 2.75) is 57.5 Å². The molecule has 0 aliphatic carbocycles. The van der Waals surface area contributed by atoms with Crippen LogP contribution in [0.25, 0.3) is 0 Å². The maximum Gasteiger partial charge on any atom is 0.241 e. The highest BCUT2D eigenvalue weighted by molar-refractivity contribution is 7.89. The summed E-state index contributed by atoms with van der Waals surface area (Å²) in [6.45, 7) is 9.28. The summed E-state index contributed by atoms with van der Waals surface area (Å²) in [5, 5.41) is 3.25. The van der Waals surface area contributed by atoms with Gasteiger partial charge in [0, 0.05) is 12.1 Å². The van der Waals surface area contributed by atoms with Crippen LogP contribution in [0, 0.1) is 0 Å². The van der Waals surface area contributed by atoms with E-state index in [2.05, 4.69) is 17.0 Å². The lowest BCUT2D eigenvalue weighted by Crippen LogP contribution is -2.43. The van der Waals surface area contributed by atoms with E-state index in [0.29, 0.717) is 11.4 Å². The summed E-state index contributed by atoms with van der Waals surface area (Å²) in [5.41, 5.74) is 0.364. The highest BCUT2D eigenvalue weighted by Crippen LogP contribution is 2.19. The van der Waals surface area contributed by atoms with E-state index in [1.54, 1.807) is 12.1 Å². The summed E-state index contributed by atoms with van der Waals surface area (Å²) in [5.74, 6) is 0. The molecular weight excluding hydrogens is 272 g/mol. The zero-order chi connectivity index (χ0) is 15.2. The van der Waals surface area contributed by atoms with Crippen LogP contribution in [0.3, 0.4) is 0 Å². The normalized spacial score (nSPS) is 12.6. The molecule has 0 saturated heterocycles. The molecule has 5 heteroatoms. The second-order valence-electron chi connectivity index (χ2n) is 5.63. The maximum absolute atomic E-state index is 12.5. The van der Waals surface area contributed by atoms with Gasteiger partial charge < -0.3 is 5.32 Å². The Morgan fingerprint density at radius 1 is 1.15 bits per heavy atom. The molecule has 0 spiro atoms. The average Bonchev–Trinajstić information content (AvgIpc) is 2.38. The Kier molecular flexibility index (Phi) is 6.17. The number of rotatable bonds is 8. The number of sulfonamides is 1. The smallest absolute Gasteiger partial charge is 0.241 e. The summed E-state index contributed by atoms with van der Waals surface area (Å²) in [7, 11) is -3.49. The number of nitrogens with one attached hydrogen (secondary N) is 2. The van der Waals surface area contributed by atoms with Crippen molar-refractivity contribution in [3.8, 4) is 0 Å². The first-order chi connectivity index (χ1) is 9.32. The van der Waals surface area contributed by atoms with Crippen LogP contribution in [0.5, 0.6) is 0 Å². The van der Waals surface area contributed by atoms with Gasteiger partial charge in [0.1, 0.15) is 0 Å². The van der Waals surface area contributed by atoms with Gasteiger partial charge in [-0.2, -0.15) is 0 Å². The number of hydrogen-bond acceptors (Lipinski definition) is 3. The first-order valence-corrected chi connectivity index (χ1v) is 8.63. The highest BCUT2D eigenvalue weighted by Gasteiger charge is 2.26. The summed E-state index contributed by atoms with van der Waals surface area (Å²) >= 11 is 0. The zero-order valence-electron chi connectivity index (χ0n) is 12.9. The second kappa shape index (κ2) is 7.20. The number of hydrogen-bond donors (Lipinski definition) is 2. The number of benzene rings is 1. The Balaban J connectivity index is 3.00. The molecule has 20 heavy (non-hydrogen) atoms. The van der Waals surface area contributed by atoms with Gasteiger partial charge in [-0.15, -0.1) is 0 Å². The minimum atomic E-state index is -3.49. The van der Waals surface area contributed by atoms with Gasteiger partial charge in [0.25, 0.3) is 0 Å². The summed E-state index contributed by atoms with van der Waals surface area (Å²) in [6.07, 6.45) is 1.76. The van der Waals surface area contributed by atoms with Gasteiger partial charge >= 0.3 is 0 Å². The molecule has 1 rings (SSSR count). The Bertz CT molecular complexity index is 524. The lowest BCUT2D eigenvalue weighted by molar-refractivity contribution is 0.439. The monoisotopic (exact) mass is 298 g/mol. The van der Waals surface area contributed by atoms with Crippen LogP contribution >= 0.6 is 0 Å². The van der Waals surface area contributed by atoms with Crippen LogP contribution < -0.4 is 10.0 Å². The summed E-state index contributed by atoms with van der Waals surface area (Å²) in [6, 6.07) is 7.15. The van der Waals surface area contributed by atoms with Crippen LogP contribution in [0.1, 0.15) is 46.1 Å². The Labute approximate surface area is 123 Å². The van der Waals surface area contributed by atoms with Crippen LogP contribution in [-0.4, -0.2) is 20.5 Å². The minimum Gasteiger partial charge on any atom is -0.313 e. The highest BCUT2D eigenvalue weighted by atomic mass is 32.2. The molecule has 2 N–H and O–H groups in total. The van der Waals surface area contributed by atoms with Gasteiger partial charge in [0.2, 0.25) is 10.0 Å². The molecular formula is C15H26N2O2S. The summed E-state index contributed by atoms with van der Waals surface area (Å²) in [4.78, 5) is 0.366. The Morgan fingerprint density at radius 2 is 1.80 bits per heavy atom. The fourth-order valence-electron chi connectivity index (χ4n) is 1.80. The Morgan fingerprint density at radius 3 is 2.40 bits per heavy atom. The van der Waals surface area contributed by atoms with Crippen LogP contribution in [0.2, 0.25) is 0 Å². The van der Waals surface area contributed by atoms with Crippen molar-refractivity contribution in [2.24, 2.45) is 0 Å². The van der Waals surface area contributed by atoms with E-state index in [0.717, 1.165) is 24.9 Å². The molecule has 0 heterocycles. The van der Waals surface area contributed by atoms with Crippen molar-refractivity contribution in [3.05, 3.63) is 29.8 Å². The van der Waals surface area contributed by atoms with Gasteiger partial charge in [0.15, 0.2) is 0 Å². The van der Waals surface area contributed by atoms with E-state index in [4.69, 9.17) is 0 Å². The molecule has 1 aromatic carbocycles. The molecule has 0 unspecified atom stereocenters. The molecule has 0 aromatic heterocycles. The van der Waals surface area contributed by atoms with Gasteiger partial charge in [-0.05, 0) is 44.9 Å². The van der Waals surface area contributed by atoms with Crippen LogP contribution in [0.15, 0.2) is 29.2 Å². The molecule has 1 aromatic rings. The molecule has 4 nitrogen and oxygen atoms in total. The van der Waals surface area contributed by atoms with E-state index in [1.165, 1.54) is 0 Å². The quantitative estimate of drug-likeness (QED) is 0.725. The third-order valence-corrected chi connectivity index (χ3v) is 5.10. The van der Waals surface area contributed by atoms with E-state index >= 15 is 0 Å². The summed E-state index contributed by atoms with van der Waals surface area (Å²) < 4.78 is 27.8. The van der Waals surface area contributed by atoms with Crippen molar-refractivity contribution in [2.75, 3.05) is 6.54 Å². The van der Waals surface area contributed by atoms with Gasteiger partial charge in [-0.3, -0.25) is 0 Å². The van der Waals surface area contributed by atoms with Crippen molar-refractivity contribution in [1.82, 2.24) is 10.0 Å². The molecule has 0 radical (unpaired) electrons. The van der Waals surface area contributed by atoms with E-state index in [9.17, 15) is 8.42 Å². The molecule has 0 fully saturated rings. The van der Waals surface area contributed by atoms with E-state index in [-0.39, 0.29) is 0 Å². The van der Waals surface area contributed by atoms with Crippen molar-refractivity contribution >= 4 is 10.0 Å². The van der Waals surface area contributed by atoms with Gasteiger partial charge in [-0.25, -0.2) is 13.1 Å². The van der Waals surface area contributed by atoms with Crippen LogP contribution in [-0.2, 0) is 16.6 Å². The molecule has 0 aliphatic heterocycles. The predicted molar refractivity (Wildman–Crippen MR) is 83.1 cm³/mol. The van der Waals surface area contributed by atoms with Crippen molar-refractivity contribution < 1.29 is 8.42 Å². The zero-order valence-corrected chi connectivity index (χ0v) is 13.7. The molecule has 0 amide bonds. The van der Waals surface area contributed by atoms with Crippen molar-refractivity contribution in [1.29, 1.82) is 0 Å². The molecule has 0 aliphatic rings. The molecule has 114 valence electrons.